The summed E-state index contributed by atoms with van der Waals surface area (Å²) in [5.74, 6) is 0. The first-order chi connectivity index (χ1) is 17.0. The molecule has 2 N–H and O–H groups in total. The number of aromatic nitrogens is 1. The molecule has 4 aromatic rings. The fourth-order valence-corrected chi connectivity index (χ4v) is 4.38. The Morgan fingerprint density at radius 2 is 1.74 bits per heavy atom. The lowest BCUT2D eigenvalue weighted by Gasteiger charge is -2.31. The van der Waals surface area contributed by atoms with Crippen LogP contribution in [0.15, 0.2) is 110 Å². The van der Waals surface area contributed by atoms with Gasteiger partial charge in [-0.2, -0.15) is 0 Å². The molecule has 0 atom stereocenters. The highest BCUT2D eigenvalue weighted by molar-refractivity contribution is 6.03. The van der Waals surface area contributed by atoms with Gasteiger partial charge in [-0.05, 0) is 78.2 Å². The van der Waals surface area contributed by atoms with Crippen molar-refractivity contribution in [2.45, 2.75) is 6.92 Å². The van der Waals surface area contributed by atoms with Gasteiger partial charge in [-0.1, -0.05) is 44.0 Å². The maximum absolute atomic E-state index is 4.74. The topological polar surface area (TPSA) is 40.2 Å². The molecule has 1 aliphatic rings. The number of fused-ring (bicyclic) bond motifs is 3. The van der Waals surface area contributed by atoms with Crippen LogP contribution < -0.4 is 15.5 Å². The fraction of sp³-hybridized carbons (Fsp3) is 0.0645. The van der Waals surface area contributed by atoms with Crippen LogP contribution in [-0.4, -0.2) is 12.0 Å². The summed E-state index contributed by atoms with van der Waals surface area (Å²) in [7, 11) is 1.93. The zero-order valence-corrected chi connectivity index (χ0v) is 20.1. The van der Waals surface area contributed by atoms with E-state index < -0.39 is 0 Å². The third-order valence-corrected chi connectivity index (χ3v) is 6.36. The van der Waals surface area contributed by atoms with E-state index in [0.717, 1.165) is 67.3 Å². The molecule has 1 aromatic heterocycles. The fourth-order valence-electron chi connectivity index (χ4n) is 4.38. The molecule has 5 rings (SSSR count). The van der Waals surface area contributed by atoms with Gasteiger partial charge in [-0.15, -0.1) is 0 Å². The number of rotatable bonds is 6. The Morgan fingerprint density at radius 1 is 0.971 bits per heavy atom. The molecule has 1 aliphatic heterocycles. The van der Waals surface area contributed by atoms with Crippen molar-refractivity contribution < 1.29 is 0 Å². The summed E-state index contributed by atoms with van der Waals surface area (Å²) in [6, 6.07) is 21.3. The number of aryl methyl sites for hydroxylation is 1. The molecule has 0 spiro atoms. The second kappa shape index (κ2) is 8.99. The van der Waals surface area contributed by atoms with Crippen LogP contribution in [0.4, 0.5) is 22.7 Å². The first-order valence-electron chi connectivity index (χ1n) is 11.6. The van der Waals surface area contributed by atoms with Crippen LogP contribution in [0.3, 0.4) is 0 Å². The van der Waals surface area contributed by atoms with E-state index in [9.17, 15) is 0 Å². The van der Waals surface area contributed by atoms with Crippen LogP contribution in [0.25, 0.3) is 28.1 Å². The van der Waals surface area contributed by atoms with Gasteiger partial charge < -0.3 is 15.5 Å². The van der Waals surface area contributed by atoms with Crippen molar-refractivity contribution in [3.8, 4) is 11.1 Å². The standard InChI is InChI=1S/C31H28N4/c1-6-21(3)34-30-18-27(15-7-20(30)2)35-22(4)8-9-25-19-33-29-16-12-24(17-28(29)31(25)35)23-10-13-26(32-5)14-11-23/h6-19,32,34H,1,3-4H2,2,5H3. The molecule has 0 fully saturated rings. The summed E-state index contributed by atoms with van der Waals surface area (Å²) in [6.07, 6.45) is 7.77. The number of anilines is 4. The van der Waals surface area contributed by atoms with Crippen molar-refractivity contribution >= 4 is 39.7 Å². The minimum atomic E-state index is 0.756. The molecule has 4 heteroatoms. The van der Waals surface area contributed by atoms with E-state index in [0.29, 0.717) is 0 Å². The Labute approximate surface area is 206 Å². The van der Waals surface area contributed by atoms with Gasteiger partial charge in [0, 0.05) is 52.7 Å². The minimum absolute atomic E-state index is 0.756. The smallest absolute Gasteiger partial charge is 0.0723 e. The monoisotopic (exact) mass is 456 g/mol. The van der Waals surface area contributed by atoms with E-state index in [4.69, 9.17) is 4.98 Å². The van der Waals surface area contributed by atoms with Crippen molar-refractivity contribution in [1.82, 2.24) is 4.98 Å². The summed E-state index contributed by atoms with van der Waals surface area (Å²) >= 11 is 0. The maximum Gasteiger partial charge on any atom is 0.0723 e. The number of nitrogens with one attached hydrogen (secondary N) is 2. The normalized spacial score (nSPS) is 12.4. The van der Waals surface area contributed by atoms with Crippen molar-refractivity contribution in [1.29, 1.82) is 0 Å². The molecule has 0 bridgehead atoms. The summed E-state index contributed by atoms with van der Waals surface area (Å²) in [5, 5.41) is 7.61. The van der Waals surface area contributed by atoms with Crippen LogP contribution in [0.1, 0.15) is 11.1 Å². The quantitative estimate of drug-likeness (QED) is 0.288. The van der Waals surface area contributed by atoms with E-state index in [2.05, 4.69) is 109 Å². The average Bonchev–Trinajstić information content (AvgIpc) is 2.89. The van der Waals surface area contributed by atoms with Crippen LogP contribution in [0.5, 0.6) is 0 Å². The SMILES string of the molecule is C=CC(=C)Nc1cc(N2C(=C)C=Cc3cnc4ccc(-c5ccc(NC)cc5)cc4c32)ccc1C. The molecule has 0 radical (unpaired) electrons. The molecule has 3 aromatic carbocycles. The lowest BCUT2D eigenvalue weighted by Crippen LogP contribution is -2.19. The van der Waals surface area contributed by atoms with Gasteiger partial charge in [-0.25, -0.2) is 0 Å². The molecule has 0 amide bonds. The largest absolute Gasteiger partial charge is 0.388 e. The average molecular weight is 457 g/mol. The van der Waals surface area contributed by atoms with Crippen molar-refractivity contribution in [2.24, 2.45) is 0 Å². The van der Waals surface area contributed by atoms with Crippen LogP contribution in [-0.2, 0) is 0 Å². The van der Waals surface area contributed by atoms with Gasteiger partial charge in [0.2, 0.25) is 0 Å². The second-order valence-corrected chi connectivity index (χ2v) is 8.64. The second-order valence-electron chi connectivity index (χ2n) is 8.64. The van der Waals surface area contributed by atoms with E-state index in [1.165, 1.54) is 0 Å². The molecule has 0 unspecified atom stereocenters. The van der Waals surface area contributed by atoms with Crippen LogP contribution in [0, 0.1) is 6.92 Å². The summed E-state index contributed by atoms with van der Waals surface area (Å²) in [5.41, 5.74) is 11.2. The predicted octanol–water partition coefficient (Wildman–Crippen LogP) is 8.04. The molecule has 0 saturated carbocycles. The van der Waals surface area contributed by atoms with Crippen LogP contribution >= 0.6 is 0 Å². The minimum Gasteiger partial charge on any atom is -0.388 e. The van der Waals surface area contributed by atoms with E-state index in [-0.39, 0.29) is 0 Å². The number of benzene rings is 3. The van der Waals surface area contributed by atoms with E-state index in [1.807, 2.05) is 19.3 Å². The highest BCUT2D eigenvalue weighted by Gasteiger charge is 2.22. The van der Waals surface area contributed by atoms with Crippen LogP contribution in [0.2, 0.25) is 0 Å². The molecular weight excluding hydrogens is 428 g/mol. The number of nitrogens with zero attached hydrogens (tertiary/aromatic N) is 2. The van der Waals surface area contributed by atoms with E-state index >= 15 is 0 Å². The van der Waals surface area contributed by atoms with Gasteiger partial charge in [0.05, 0.1) is 11.2 Å². The van der Waals surface area contributed by atoms with Crippen molar-refractivity contribution in [2.75, 3.05) is 22.6 Å². The first-order valence-corrected chi connectivity index (χ1v) is 11.6. The molecule has 172 valence electrons. The highest BCUT2D eigenvalue weighted by atomic mass is 15.2. The Balaban J connectivity index is 1.67. The lowest BCUT2D eigenvalue weighted by molar-refractivity contribution is 1.20. The van der Waals surface area contributed by atoms with Gasteiger partial charge >= 0.3 is 0 Å². The Kier molecular flexibility index (Phi) is 5.71. The van der Waals surface area contributed by atoms with Gasteiger partial charge in [0.15, 0.2) is 0 Å². The number of hydrogen-bond donors (Lipinski definition) is 2. The van der Waals surface area contributed by atoms with Crippen molar-refractivity contribution in [3.63, 3.8) is 0 Å². The molecule has 0 saturated heterocycles. The number of allylic oxidation sites excluding steroid dienone is 2. The number of hydrogen-bond acceptors (Lipinski definition) is 4. The Morgan fingerprint density at radius 3 is 2.49 bits per heavy atom. The molecule has 2 heterocycles. The predicted molar refractivity (Wildman–Crippen MR) is 151 cm³/mol. The molecule has 35 heavy (non-hydrogen) atoms. The zero-order valence-electron chi connectivity index (χ0n) is 20.1. The maximum atomic E-state index is 4.74. The summed E-state index contributed by atoms with van der Waals surface area (Å²) < 4.78 is 0. The lowest BCUT2D eigenvalue weighted by atomic mass is 9.98. The first kappa shape index (κ1) is 22.2. The molecular formula is C31H28N4. The Bertz CT molecular complexity index is 1510. The van der Waals surface area contributed by atoms with Gasteiger partial charge in [0.1, 0.15) is 0 Å². The summed E-state index contributed by atoms with van der Waals surface area (Å²) in [4.78, 5) is 6.94. The van der Waals surface area contributed by atoms with Gasteiger partial charge in [-0.3, -0.25) is 4.98 Å². The highest BCUT2D eigenvalue weighted by Crippen LogP contribution is 2.43. The molecule has 4 nitrogen and oxygen atoms in total. The van der Waals surface area contributed by atoms with E-state index in [1.54, 1.807) is 6.08 Å². The Hall–Kier alpha value is -4.57. The zero-order chi connectivity index (χ0) is 24.5. The summed E-state index contributed by atoms with van der Waals surface area (Å²) in [6.45, 7) is 14.3. The van der Waals surface area contributed by atoms with Crippen molar-refractivity contribution in [3.05, 3.63) is 121 Å². The van der Waals surface area contributed by atoms with Gasteiger partial charge in [0.25, 0.3) is 0 Å². The third-order valence-electron chi connectivity index (χ3n) is 6.36. The molecule has 0 aliphatic carbocycles. The number of pyridine rings is 1. The third kappa shape index (κ3) is 4.11.